The molecule has 2 saturated heterocycles. The Bertz CT molecular complexity index is 207. The van der Waals surface area contributed by atoms with E-state index in [4.69, 9.17) is 0 Å². The summed E-state index contributed by atoms with van der Waals surface area (Å²) in [5.41, 5.74) is 0.536. The predicted molar refractivity (Wildman–Crippen MR) is 75.8 cm³/mol. The molecule has 0 aromatic rings. The van der Waals surface area contributed by atoms with E-state index in [-0.39, 0.29) is 12.4 Å². The summed E-state index contributed by atoms with van der Waals surface area (Å²) < 4.78 is 0. The molecule has 4 heteroatoms. The largest absolute Gasteiger partial charge is 0.316 e. The summed E-state index contributed by atoms with van der Waals surface area (Å²) in [6.45, 7) is 11.2. The van der Waals surface area contributed by atoms with Crippen molar-refractivity contribution in [2.75, 3.05) is 44.2 Å². The molecule has 0 spiro atoms. The van der Waals surface area contributed by atoms with Crippen molar-refractivity contribution in [3.63, 3.8) is 0 Å². The Morgan fingerprint density at radius 3 is 3.00 bits per heavy atom. The van der Waals surface area contributed by atoms with Crippen LogP contribution in [0.2, 0.25) is 0 Å². The van der Waals surface area contributed by atoms with Gasteiger partial charge in [-0.25, -0.2) is 0 Å². The van der Waals surface area contributed by atoms with E-state index in [1.165, 1.54) is 50.7 Å². The van der Waals surface area contributed by atoms with Crippen LogP contribution in [0.1, 0.15) is 20.3 Å². The molecular formula is C12H25ClN2S. The van der Waals surface area contributed by atoms with E-state index in [9.17, 15) is 0 Å². The smallest absolute Gasteiger partial charge is 0.00727 e. The fourth-order valence-electron chi connectivity index (χ4n) is 2.75. The molecule has 2 heterocycles. The maximum absolute atomic E-state index is 3.50. The zero-order valence-corrected chi connectivity index (χ0v) is 12.1. The SMILES string of the molecule is CC1CSCCN(CC2(C)CCNC2)C1.Cl. The average molecular weight is 265 g/mol. The lowest BCUT2D eigenvalue weighted by molar-refractivity contribution is 0.173. The molecule has 16 heavy (non-hydrogen) atoms. The molecule has 0 saturated carbocycles. The van der Waals surface area contributed by atoms with Gasteiger partial charge in [-0.2, -0.15) is 11.8 Å². The third-order valence-corrected chi connectivity index (χ3v) is 4.86. The summed E-state index contributed by atoms with van der Waals surface area (Å²) in [7, 11) is 0. The molecule has 2 nitrogen and oxygen atoms in total. The highest BCUT2D eigenvalue weighted by molar-refractivity contribution is 7.99. The molecule has 0 bridgehead atoms. The minimum absolute atomic E-state index is 0. The van der Waals surface area contributed by atoms with Crippen LogP contribution < -0.4 is 5.32 Å². The van der Waals surface area contributed by atoms with Gasteiger partial charge in [0.15, 0.2) is 0 Å². The van der Waals surface area contributed by atoms with Crippen molar-refractivity contribution in [1.82, 2.24) is 10.2 Å². The van der Waals surface area contributed by atoms with Gasteiger partial charge in [0.2, 0.25) is 0 Å². The van der Waals surface area contributed by atoms with Crippen LogP contribution >= 0.6 is 24.2 Å². The lowest BCUT2D eigenvalue weighted by Crippen LogP contribution is -2.39. The van der Waals surface area contributed by atoms with Gasteiger partial charge in [0.05, 0.1) is 0 Å². The Kier molecular flexibility index (Phi) is 5.92. The molecule has 2 rings (SSSR count). The van der Waals surface area contributed by atoms with E-state index in [2.05, 4.69) is 35.8 Å². The van der Waals surface area contributed by atoms with Crippen LogP contribution in [0.15, 0.2) is 0 Å². The first-order chi connectivity index (χ1) is 7.18. The molecule has 0 radical (unpaired) electrons. The van der Waals surface area contributed by atoms with E-state index < -0.39 is 0 Å². The summed E-state index contributed by atoms with van der Waals surface area (Å²) in [6, 6.07) is 0. The van der Waals surface area contributed by atoms with Gasteiger partial charge < -0.3 is 10.2 Å². The molecule has 1 N–H and O–H groups in total. The van der Waals surface area contributed by atoms with Crippen LogP contribution in [0, 0.1) is 11.3 Å². The lowest BCUT2D eigenvalue weighted by atomic mass is 9.89. The van der Waals surface area contributed by atoms with Crippen molar-refractivity contribution in [3.8, 4) is 0 Å². The van der Waals surface area contributed by atoms with Crippen molar-refractivity contribution in [2.45, 2.75) is 20.3 Å². The van der Waals surface area contributed by atoms with E-state index in [1.807, 2.05) is 0 Å². The number of nitrogens with one attached hydrogen (secondary N) is 1. The number of hydrogen-bond donors (Lipinski definition) is 1. The Hall–Kier alpha value is 0.560. The number of thioether (sulfide) groups is 1. The molecule has 0 amide bonds. The van der Waals surface area contributed by atoms with Gasteiger partial charge in [-0.05, 0) is 30.1 Å². The van der Waals surface area contributed by atoms with Gasteiger partial charge in [0, 0.05) is 31.9 Å². The van der Waals surface area contributed by atoms with Gasteiger partial charge in [0.1, 0.15) is 0 Å². The summed E-state index contributed by atoms with van der Waals surface area (Å²) >= 11 is 2.13. The summed E-state index contributed by atoms with van der Waals surface area (Å²) in [6.07, 6.45) is 1.35. The van der Waals surface area contributed by atoms with Crippen molar-refractivity contribution >= 4 is 24.2 Å². The summed E-state index contributed by atoms with van der Waals surface area (Å²) in [4.78, 5) is 2.69. The maximum atomic E-state index is 3.50. The predicted octanol–water partition coefficient (Wildman–Crippen LogP) is 2.09. The van der Waals surface area contributed by atoms with Crippen LogP contribution in [-0.4, -0.2) is 49.1 Å². The molecular weight excluding hydrogens is 240 g/mol. The first kappa shape index (κ1) is 14.6. The van der Waals surface area contributed by atoms with E-state index in [0.29, 0.717) is 5.41 Å². The van der Waals surface area contributed by atoms with Gasteiger partial charge in [0.25, 0.3) is 0 Å². The van der Waals surface area contributed by atoms with Crippen LogP contribution in [0.3, 0.4) is 0 Å². The third-order valence-electron chi connectivity index (χ3n) is 3.59. The normalized spacial score (nSPS) is 36.8. The Morgan fingerprint density at radius 1 is 1.50 bits per heavy atom. The average Bonchev–Trinajstić information content (AvgIpc) is 2.49. The Morgan fingerprint density at radius 2 is 2.31 bits per heavy atom. The minimum Gasteiger partial charge on any atom is -0.316 e. The molecule has 2 aliphatic rings. The monoisotopic (exact) mass is 264 g/mol. The maximum Gasteiger partial charge on any atom is 0.00727 e. The highest BCUT2D eigenvalue weighted by Crippen LogP contribution is 2.27. The molecule has 2 aliphatic heterocycles. The summed E-state index contributed by atoms with van der Waals surface area (Å²) in [5.74, 6) is 3.55. The highest BCUT2D eigenvalue weighted by atomic mass is 35.5. The second kappa shape index (κ2) is 6.48. The topological polar surface area (TPSA) is 15.3 Å². The lowest BCUT2D eigenvalue weighted by Gasteiger charge is -2.31. The van der Waals surface area contributed by atoms with Crippen LogP contribution in [0.4, 0.5) is 0 Å². The van der Waals surface area contributed by atoms with Gasteiger partial charge in [-0.1, -0.05) is 13.8 Å². The van der Waals surface area contributed by atoms with Gasteiger partial charge >= 0.3 is 0 Å². The molecule has 2 fully saturated rings. The second-order valence-corrected chi connectivity index (χ2v) is 6.80. The molecule has 0 aromatic carbocycles. The first-order valence-electron chi connectivity index (χ1n) is 6.19. The number of rotatable bonds is 2. The molecule has 2 atom stereocenters. The van der Waals surface area contributed by atoms with Crippen LogP contribution in [0.5, 0.6) is 0 Å². The number of hydrogen-bond acceptors (Lipinski definition) is 3. The zero-order chi connectivity index (χ0) is 10.7. The van der Waals surface area contributed by atoms with Crippen LogP contribution in [0.25, 0.3) is 0 Å². The van der Waals surface area contributed by atoms with Gasteiger partial charge in [-0.3, -0.25) is 0 Å². The molecule has 2 unspecified atom stereocenters. The zero-order valence-electron chi connectivity index (χ0n) is 10.5. The Balaban J connectivity index is 0.00000128. The first-order valence-corrected chi connectivity index (χ1v) is 7.34. The van der Waals surface area contributed by atoms with Crippen molar-refractivity contribution in [2.24, 2.45) is 11.3 Å². The second-order valence-electron chi connectivity index (χ2n) is 5.65. The quantitative estimate of drug-likeness (QED) is 0.822. The minimum atomic E-state index is 0. The molecule has 96 valence electrons. The number of nitrogens with zero attached hydrogens (tertiary/aromatic N) is 1. The third kappa shape index (κ3) is 4.10. The fraction of sp³-hybridized carbons (Fsp3) is 1.00. The summed E-state index contributed by atoms with van der Waals surface area (Å²) in [5, 5.41) is 3.50. The molecule has 0 aliphatic carbocycles. The number of halogens is 1. The highest BCUT2D eigenvalue weighted by Gasteiger charge is 2.31. The standard InChI is InChI=1S/C12H24N2S.ClH/c1-11-7-14(5-6-15-8-11)10-12(2)3-4-13-9-12;/h11,13H,3-10H2,1-2H3;1H. The van der Waals surface area contributed by atoms with Crippen molar-refractivity contribution in [3.05, 3.63) is 0 Å². The van der Waals surface area contributed by atoms with E-state index in [0.717, 1.165) is 5.92 Å². The van der Waals surface area contributed by atoms with E-state index in [1.54, 1.807) is 0 Å². The van der Waals surface area contributed by atoms with E-state index >= 15 is 0 Å². The Labute approximate surface area is 110 Å². The molecule has 0 aromatic heterocycles. The van der Waals surface area contributed by atoms with Crippen molar-refractivity contribution in [1.29, 1.82) is 0 Å². The van der Waals surface area contributed by atoms with Crippen LogP contribution in [-0.2, 0) is 0 Å². The van der Waals surface area contributed by atoms with Crippen molar-refractivity contribution < 1.29 is 0 Å². The fourth-order valence-corrected chi connectivity index (χ4v) is 3.81. The van der Waals surface area contributed by atoms with Gasteiger partial charge in [-0.15, -0.1) is 12.4 Å².